The largest absolute Gasteiger partial charge is 0.357 e. The minimum Gasteiger partial charge on any atom is -0.357 e. The SMILES string of the molecule is CC(C)Cc1nsc(NC2CCN([C@H](C)c3ccncc3)CC2)n1. The summed E-state index contributed by atoms with van der Waals surface area (Å²) in [6.45, 7) is 8.91. The number of nitrogens with zero attached hydrogens (tertiary/aromatic N) is 4. The third-order valence-electron chi connectivity index (χ3n) is 4.65. The molecule has 1 aliphatic rings. The second-order valence-electron chi connectivity index (χ2n) is 7.02. The molecule has 6 heteroatoms. The first-order valence-corrected chi connectivity index (χ1v) is 9.62. The Bertz CT molecular complexity index is 619. The number of anilines is 1. The molecule has 1 fully saturated rings. The number of nitrogens with one attached hydrogen (secondary N) is 1. The zero-order valence-corrected chi connectivity index (χ0v) is 15.6. The van der Waals surface area contributed by atoms with Crippen molar-refractivity contribution in [3.8, 4) is 0 Å². The molecule has 0 spiro atoms. The molecule has 0 bridgehead atoms. The van der Waals surface area contributed by atoms with E-state index >= 15 is 0 Å². The highest BCUT2D eigenvalue weighted by Gasteiger charge is 2.24. The Morgan fingerprint density at radius 3 is 2.58 bits per heavy atom. The summed E-state index contributed by atoms with van der Waals surface area (Å²) in [7, 11) is 0. The summed E-state index contributed by atoms with van der Waals surface area (Å²) in [6.07, 6.45) is 7.01. The molecule has 2 aromatic heterocycles. The maximum absolute atomic E-state index is 4.62. The van der Waals surface area contributed by atoms with E-state index in [4.69, 9.17) is 0 Å². The van der Waals surface area contributed by atoms with Crippen LogP contribution < -0.4 is 5.32 Å². The molecule has 3 rings (SSSR count). The summed E-state index contributed by atoms with van der Waals surface area (Å²) < 4.78 is 4.46. The van der Waals surface area contributed by atoms with Gasteiger partial charge < -0.3 is 5.32 Å². The minimum absolute atomic E-state index is 0.452. The summed E-state index contributed by atoms with van der Waals surface area (Å²) >= 11 is 1.50. The summed E-state index contributed by atoms with van der Waals surface area (Å²) in [5.74, 6) is 1.58. The third kappa shape index (κ3) is 4.51. The Morgan fingerprint density at radius 2 is 1.92 bits per heavy atom. The van der Waals surface area contributed by atoms with E-state index in [1.807, 2.05) is 12.4 Å². The fourth-order valence-electron chi connectivity index (χ4n) is 3.22. The normalized spacial score (nSPS) is 18.0. The lowest BCUT2D eigenvalue weighted by atomic mass is 10.0. The second-order valence-corrected chi connectivity index (χ2v) is 7.78. The van der Waals surface area contributed by atoms with Crippen molar-refractivity contribution in [2.45, 2.75) is 52.1 Å². The van der Waals surface area contributed by atoms with Gasteiger partial charge in [0, 0.05) is 55.5 Å². The maximum atomic E-state index is 4.62. The van der Waals surface area contributed by atoms with Crippen LogP contribution in [0.1, 0.15) is 51.0 Å². The highest BCUT2D eigenvalue weighted by molar-refractivity contribution is 7.09. The molecule has 5 nitrogen and oxygen atoms in total. The summed E-state index contributed by atoms with van der Waals surface area (Å²) in [6, 6.07) is 5.19. The summed E-state index contributed by atoms with van der Waals surface area (Å²) in [4.78, 5) is 11.3. The van der Waals surface area contributed by atoms with Crippen molar-refractivity contribution in [3.05, 3.63) is 35.9 Å². The number of piperidine rings is 1. The molecule has 0 aromatic carbocycles. The van der Waals surface area contributed by atoms with E-state index in [9.17, 15) is 0 Å². The molecule has 2 aromatic rings. The molecule has 1 N–H and O–H groups in total. The van der Waals surface area contributed by atoms with E-state index in [0.717, 1.165) is 43.3 Å². The van der Waals surface area contributed by atoms with Gasteiger partial charge in [0.25, 0.3) is 0 Å². The van der Waals surface area contributed by atoms with Gasteiger partial charge in [-0.2, -0.15) is 4.37 Å². The molecule has 130 valence electrons. The van der Waals surface area contributed by atoms with Gasteiger partial charge in [0.15, 0.2) is 0 Å². The van der Waals surface area contributed by atoms with E-state index in [2.05, 4.69) is 57.5 Å². The number of likely N-dealkylation sites (tertiary alicyclic amines) is 1. The highest BCUT2D eigenvalue weighted by atomic mass is 32.1. The third-order valence-corrected chi connectivity index (χ3v) is 5.34. The van der Waals surface area contributed by atoms with Gasteiger partial charge in [-0.25, -0.2) is 4.98 Å². The van der Waals surface area contributed by atoms with Gasteiger partial charge in [0.2, 0.25) is 5.13 Å². The van der Waals surface area contributed by atoms with E-state index in [1.165, 1.54) is 17.1 Å². The van der Waals surface area contributed by atoms with Crippen molar-refractivity contribution < 1.29 is 0 Å². The van der Waals surface area contributed by atoms with Crippen molar-refractivity contribution in [1.29, 1.82) is 0 Å². The fraction of sp³-hybridized carbons (Fsp3) is 0.611. The molecule has 0 aliphatic carbocycles. The smallest absolute Gasteiger partial charge is 0.202 e. The quantitative estimate of drug-likeness (QED) is 0.864. The van der Waals surface area contributed by atoms with Crippen LogP contribution in [0.25, 0.3) is 0 Å². The van der Waals surface area contributed by atoms with Crippen molar-refractivity contribution in [2.24, 2.45) is 5.92 Å². The van der Waals surface area contributed by atoms with Crippen LogP contribution in [0, 0.1) is 5.92 Å². The molecule has 0 saturated carbocycles. The van der Waals surface area contributed by atoms with Crippen LogP contribution in [-0.2, 0) is 6.42 Å². The van der Waals surface area contributed by atoms with Crippen LogP contribution in [0.5, 0.6) is 0 Å². The van der Waals surface area contributed by atoms with Crippen molar-refractivity contribution in [1.82, 2.24) is 19.2 Å². The first kappa shape index (κ1) is 17.3. The van der Waals surface area contributed by atoms with Gasteiger partial charge >= 0.3 is 0 Å². The molecule has 0 amide bonds. The molecule has 1 saturated heterocycles. The van der Waals surface area contributed by atoms with Crippen LogP contribution >= 0.6 is 11.5 Å². The van der Waals surface area contributed by atoms with E-state index < -0.39 is 0 Å². The first-order chi connectivity index (χ1) is 11.6. The molecule has 0 unspecified atom stereocenters. The van der Waals surface area contributed by atoms with Gasteiger partial charge in [-0.3, -0.25) is 9.88 Å². The summed E-state index contributed by atoms with van der Waals surface area (Å²) in [5.41, 5.74) is 1.35. The van der Waals surface area contributed by atoms with Crippen molar-refractivity contribution >= 4 is 16.7 Å². The Morgan fingerprint density at radius 1 is 1.21 bits per heavy atom. The van der Waals surface area contributed by atoms with Crippen LogP contribution in [0.4, 0.5) is 5.13 Å². The van der Waals surface area contributed by atoms with Gasteiger partial charge in [-0.1, -0.05) is 13.8 Å². The Balaban J connectivity index is 1.49. The average Bonchev–Trinajstić information content (AvgIpc) is 3.02. The molecular formula is C18H27N5S. The first-order valence-electron chi connectivity index (χ1n) is 8.85. The predicted molar refractivity (Wildman–Crippen MR) is 99.3 cm³/mol. The topological polar surface area (TPSA) is 53.9 Å². The molecule has 1 aliphatic heterocycles. The lowest BCUT2D eigenvalue weighted by Gasteiger charge is -2.36. The van der Waals surface area contributed by atoms with Gasteiger partial charge in [-0.05, 0) is 43.4 Å². The number of rotatable bonds is 6. The zero-order valence-electron chi connectivity index (χ0n) is 14.8. The van der Waals surface area contributed by atoms with Crippen LogP contribution in [0.3, 0.4) is 0 Å². The van der Waals surface area contributed by atoms with Crippen molar-refractivity contribution in [3.63, 3.8) is 0 Å². The molecular weight excluding hydrogens is 318 g/mol. The fourth-order valence-corrected chi connectivity index (χ4v) is 3.89. The lowest BCUT2D eigenvalue weighted by Crippen LogP contribution is -2.40. The Kier molecular flexibility index (Phi) is 5.79. The Labute approximate surface area is 148 Å². The monoisotopic (exact) mass is 345 g/mol. The number of pyridine rings is 1. The second kappa shape index (κ2) is 8.03. The number of hydrogen-bond donors (Lipinski definition) is 1. The van der Waals surface area contributed by atoms with Gasteiger partial charge in [0.1, 0.15) is 5.82 Å². The highest BCUT2D eigenvalue weighted by Crippen LogP contribution is 2.25. The predicted octanol–water partition coefficient (Wildman–Crippen LogP) is 3.77. The standard InChI is InChI=1S/C18H27N5S/c1-13(2)12-17-21-18(24-22-17)20-16-6-10-23(11-7-16)14(3)15-4-8-19-9-5-15/h4-5,8-9,13-14,16H,6-7,10-12H2,1-3H3,(H,20,21,22)/t14-/m1/s1. The van der Waals surface area contributed by atoms with Crippen molar-refractivity contribution in [2.75, 3.05) is 18.4 Å². The van der Waals surface area contributed by atoms with E-state index in [0.29, 0.717) is 18.0 Å². The number of aromatic nitrogens is 3. The zero-order chi connectivity index (χ0) is 16.9. The molecule has 24 heavy (non-hydrogen) atoms. The van der Waals surface area contributed by atoms with E-state index in [1.54, 1.807) is 0 Å². The minimum atomic E-state index is 0.452. The molecule has 1 atom stereocenters. The average molecular weight is 346 g/mol. The number of hydrogen-bond acceptors (Lipinski definition) is 6. The van der Waals surface area contributed by atoms with Crippen LogP contribution in [0.2, 0.25) is 0 Å². The Hall–Kier alpha value is -1.53. The van der Waals surface area contributed by atoms with E-state index in [-0.39, 0.29) is 0 Å². The maximum Gasteiger partial charge on any atom is 0.202 e. The lowest BCUT2D eigenvalue weighted by molar-refractivity contribution is 0.167. The molecule has 0 radical (unpaired) electrons. The summed E-state index contributed by atoms with van der Waals surface area (Å²) in [5, 5.41) is 4.56. The van der Waals surface area contributed by atoms with Crippen LogP contribution in [0.15, 0.2) is 24.5 Å². The van der Waals surface area contributed by atoms with Gasteiger partial charge in [0.05, 0.1) is 0 Å². The van der Waals surface area contributed by atoms with Crippen LogP contribution in [-0.4, -0.2) is 38.4 Å². The van der Waals surface area contributed by atoms with Gasteiger partial charge in [-0.15, -0.1) is 0 Å². The molecule has 3 heterocycles.